The Balaban J connectivity index is 1.29. The number of carbonyl (C=O) groups excluding carboxylic acids is 2. The first-order chi connectivity index (χ1) is 16.3. The number of sulfone groups is 1. The fourth-order valence-electron chi connectivity index (χ4n) is 5.20. The summed E-state index contributed by atoms with van der Waals surface area (Å²) in [5.41, 5.74) is 2.70. The molecular weight excluding hydrogens is 472 g/mol. The Kier molecular flexibility index (Phi) is 6.24. The number of benzene rings is 1. The van der Waals surface area contributed by atoms with E-state index in [2.05, 4.69) is 12.1 Å². The molecule has 0 N–H and O–H groups in total. The maximum absolute atomic E-state index is 13.4. The van der Waals surface area contributed by atoms with Crippen molar-refractivity contribution in [2.75, 3.05) is 26.0 Å². The number of fused-ring (bicyclic) bond motifs is 1. The van der Waals surface area contributed by atoms with Crippen LogP contribution in [0.25, 0.3) is 6.08 Å². The maximum Gasteiger partial charge on any atom is 0.410 e. The highest BCUT2D eigenvalue weighted by molar-refractivity contribution is 7.92. The highest BCUT2D eigenvalue weighted by atomic mass is 32.2. The average molecular weight is 501 g/mol. The number of rotatable bonds is 5. The van der Waals surface area contributed by atoms with E-state index in [-0.39, 0.29) is 28.3 Å². The number of nitrogens with zero attached hydrogens (tertiary/aromatic N) is 2. The van der Waals surface area contributed by atoms with Gasteiger partial charge in [-0.2, -0.15) is 0 Å². The lowest BCUT2D eigenvalue weighted by Crippen LogP contribution is -2.50. The zero-order chi connectivity index (χ0) is 23.9. The van der Waals surface area contributed by atoms with Crippen molar-refractivity contribution in [1.82, 2.24) is 9.80 Å². The van der Waals surface area contributed by atoms with Crippen LogP contribution in [0.5, 0.6) is 0 Å². The van der Waals surface area contributed by atoms with E-state index in [1.807, 2.05) is 35.3 Å². The molecule has 3 heterocycles. The molecule has 5 rings (SSSR count). The number of carbonyl (C=O) groups is 2. The van der Waals surface area contributed by atoms with Crippen LogP contribution in [-0.2, 0) is 27.4 Å². The minimum absolute atomic E-state index is 0.00410. The van der Waals surface area contributed by atoms with Crippen molar-refractivity contribution in [1.29, 1.82) is 0 Å². The molecule has 0 saturated carbocycles. The van der Waals surface area contributed by atoms with Gasteiger partial charge in [-0.05, 0) is 43.2 Å². The average Bonchev–Trinajstić information content (AvgIpc) is 3.40. The quantitative estimate of drug-likeness (QED) is 0.624. The zero-order valence-electron chi connectivity index (χ0n) is 19.1. The van der Waals surface area contributed by atoms with Crippen LogP contribution in [0.2, 0.25) is 0 Å². The summed E-state index contributed by atoms with van der Waals surface area (Å²) < 4.78 is 30.3. The second-order valence-corrected chi connectivity index (χ2v) is 12.4. The van der Waals surface area contributed by atoms with Gasteiger partial charge in [-0.25, -0.2) is 13.2 Å². The number of cyclic esters (lactones) is 1. The standard InChI is InChI=1S/C25H28N2O5S2/c1-34(30,31)24-21-10-6-5-9-20(21)22(33-24)23(28)26-13-11-18(12-14-26)27-19(16-32-25(27)29)15-17-7-3-2-4-8-17/h2-4,6-8,10,18-19H,5,9,11-16H2,1H3/t19-/m1/s1. The first-order valence-corrected chi connectivity index (χ1v) is 14.3. The predicted molar refractivity (Wildman–Crippen MR) is 131 cm³/mol. The Hall–Kier alpha value is -2.65. The van der Waals surface area contributed by atoms with Crippen LogP contribution in [0.1, 0.15) is 45.6 Å². The number of amides is 2. The second-order valence-electron chi connectivity index (χ2n) is 9.18. The Bertz CT molecular complexity index is 1230. The number of allylic oxidation sites excluding steroid dienone is 1. The van der Waals surface area contributed by atoms with E-state index in [1.54, 1.807) is 4.90 Å². The Morgan fingerprint density at radius 1 is 1.18 bits per heavy atom. The van der Waals surface area contributed by atoms with E-state index >= 15 is 0 Å². The summed E-state index contributed by atoms with van der Waals surface area (Å²) in [6.45, 7) is 1.44. The molecular formula is C25H28N2O5S2. The van der Waals surface area contributed by atoms with Gasteiger partial charge >= 0.3 is 6.09 Å². The largest absolute Gasteiger partial charge is 0.447 e. The van der Waals surface area contributed by atoms with Gasteiger partial charge in [0, 0.05) is 31.0 Å². The topological polar surface area (TPSA) is 84.0 Å². The third-order valence-corrected chi connectivity index (χ3v) is 9.94. The highest BCUT2D eigenvalue weighted by Gasteiger charge is 2.40. The van der Waals surface area contributed by atoms with E-state index in [9.17, 15) is 18.0 Å². The summed E-state index contributed by atoms with van der Waals surface area (Å²) in [5.74, 6) is -0.102. The van der Waals surface area contributed by atoms with Gasteiger partial charge in [0.05, 0.1) is 10.9 Å². The summed E-state index contributed by atoms with van der Waals surface area (Å²) in [7, 11) is -3.41. The summed E-state index contributed by atoms with van der Waals surface area (Å²) in [5, 5.41) is 0. The van der Waals surface area contributed by atoms with Crippen LogP contribution in [0, 0.1) is 0 Å². The molecule has 2 fully saturated rings. The van der Waals surface area contributed by atoms with Gasteiger partial charge in [-0.15, -0.1) is 11.3 Å². The SMILES string of the molecule is CS(=O)(=O)c1sc(C(=O)N2CCC(N3C(=O)OC[C@H]3Cc3ccccc3)CC2)c2c1C=CCC2. The minimum atomic E-state index is -3.41. The molecule has 0 bridgehead atoms. The van der Waals surface area contributed by atoms with Gasteiger partial charge in [0.1, 0.15) is 10.8 Å². The molecule has 180 valence electrons. The molecule has 9 heteroatoms. The van der Waals surface area contributed by atoms with Gasteiger partial charge in [-0.1, -0.05) is 42.5 Å². The smallest absolute Gasteiger partial charge is 0.410 e. The van der Waals surface area contributed by atoms with Gasteiger partial charge < -0.3 is 9.64 Å². The van der Waals surface area contributed by atoms with E-state index in [0.29, 0.717) is 49.4 Å². The lowest BCUT2D eigenvalue weighted by atomic mass is 9.97. The molecule has 0 spiro atoms. The van der Waals surface area contributed by atoms with Crippen molar-refractivity contribution in [3.8, 4) is 0 Å². The molecule has 1 atom stereocenters. The number of ether oxygens (including phenoxy) is 1. The summed E-state index contributed by atoms with van der Waals surface area (Å²) in [6, 6.07) is 10.1. The van der Waals surface area contributed by atoms with E-state index in [4.69, 9.17) is 4.74 Å². The summed E-state index contributed by atoms with van der Waals surface area (Å²) >= 11 is 1.10. The van der Waals surface area contributed by atoms with Crippen molar-refractivity contribution >= 4 is 39.3 Å². The van der Waals surface area contributed by atoms with E-state index in [0.717, 1.165) is 29.7 Å². The molecule has 2 amide bonds. The highest BCUT2D eigenvalue weighted by Crippen LogP contribution is 2.38. The van der Waals surface area contributed by atoms with Crippen molar-refractivity contribution in [3.05, 3.63) is 58.0 Å². The molecule has 1 aromatic heterocycles. The first kappa shape index (κ1) is 23.1. The van der Waals surface area contributed by atoms with E-state index in [1.165, 1.54) is 11.8 Å². The van der Waals surface area contributed by atoms with Crippen LogP contribution >= 0.6 is 11.3 Å². The number of piperidine rings is 1. The van der Waals surface area contributed by atoms with Gasteiger partial charge in [-0.3, -0.25) is 9.69 Å². The monoisotopic (exact) mass is 500 g/mol. The van der Waals surface area contributed by atoms with Crippen molar-refractivity contribution in [2.45, 2.75) is 48.4 Å². The predicted octanol–water partition coefficient (Wildman–Crippen LogP) is 3.78. The van der Waals surface area contributed by atoms with E-state index < -0.39 is 9.84 Å². The van der Waals surface area contributed by atoms with Crippen molar-refractivity contribution in [2.24, 2.45) is 0 Å². The lowest BCUT2D eigenvalue weighted by molar-refractivity contribution is 0.0640. The second kappa shape index (κ2) is 9.19. The van der Waals surface area contributed by atoms with Crippen molar-refractivity contribution in [3.63, 3.8) is 0 Å². The maximum atomic E-state index is 13.4. The number of hydrogen-bond acceptors (Lipinski definition) is 6. The molecule has 7 nitrogen and oxygen atoms in total. The molecule has 2 aromatic rings. The van der Waals surface area contributed by atoms with Crippen LogP contribution in [-0.4, -0.2) is 68.3 Å². The van der Waals surface area contributed by atoms with Crippen molar-refractivity contribution < 1.29 is 22.7 Å². The summed E-state index contributed by atoms with van der Waals surface area (Å²) in [4.78, 5) is 30.2. The molecule has 0 unspecified atom stereocenters. The first-order valence-electron chi connectivity index (χ1n) is 11.6. The zero-order valence-corrected chi connectivity index (χ0v) is 20.7. The van der Waals surface area contributed by atoms with Crippen LogP contribution in [0.4, 0.5) is 4.79 Å². The van der Waals surface area contributed by atoms with Gasteiger partial charge in [0.25, 0.3) is 5.91 Å². The fraction of sp³-hybridized carbons (Fsp3) is 0.440. The van der Waals surface area contributed by atoms with Crippen LogP contribution in [0.3, 0.4) is 0 Å². The molecule has 1 aromatic carbocycles. The number of thiophene rings is 1. The van der Waals surface area contributed by atoms with Gasteiger partial charge in [0.2, 0.25) is 0 Å². The fourth-order valence-corrected chi connectivity index (χ4v) is 7.69. The number of likely N-dealkylation sites (tertiary alicyclic amines) is 1. The third-order valence-electron chi connectivity index (χ3n) is 6.85. The Labute approximate surface area is 203 Å². The van der Waals surface area contributed by atoms with Crippen LogP contribution < -0.4 is 0 Å². The lowest BCUT2D eigenvalue weighted by Gasteiger charge is -2.38. The number of hydrogen-bond donors (Lipinski definition) is 0. The Morgan fingerprint density at radius 3 is 2.62 bits per heavy atom. The molecule has 0 radical (unpaired) electrons. The molecule has 34 heavy (non-hydrogen) atoms. The molecule has 3 aliphatic rings. The Morgan fingerprint density at radius 2 is 1.91 bits per heavy atom. The summed E-state index contributed by atoms with van der Waals surface area (Å²) in [6.07, 6.45) is 8.30. The molecule has 1 aliphatic carbocycles. The third kappa shape index (κ3) is 4.38. The normalized spacial score (nSPS) is 21.0. The van der Waals surface area contributed by atoms with Crippen LogP contribution in [0.15, 0.2) is 40.6 Å². The van der Waals surface area contributed by atoms with Gasteiger partial charge in [0.15, 0.2) is 9.84 Å². The molecule has 2 saturated heterocycles. The minimum Gasteiger partial charge on any atom is -0.447 e. The molecule has 2 aliphatic heterocycles.